The molecule has 0 radical (unpaired) electrons. The van der Waals surface area contributed by atoms with Crippen LogP contribution in [0.2, 0.25) is 0 Å². The topological polar surface area (TPSA) is 64.4 Å². The molecule has 1 heterocycles. The Labute approximate surface area is 250 Å². The molecule has 214 valence electrons. The molecule has 6 nitrogen and oxygen atoms in total. The Balaban J connectivity index is 1.50. The van der Waals surface area contributed by atoms with Gasteiger partial charge in [0.25, 0.3) is 11.5 Å². The van der Waals surface area contributed by atoms with E-state index in [1.54, 1.807) is 10.6 Å². The van der Waals surface area contributed by atoms with Gasteiger partial charge in [-0.05, 0) is 79.1 Å². The highest BCUT2D eigenvalue weighted by molar-refractivity contribution is 6.07. The van der Waals surface area contributed by atoms with E-state index in [1.807, 2.05) is 122 Å². The number of amides is 1. The van der Waals surface area contributed by atoms with E-state index >= 15 is 0 Å². The maximum Gasteiger partial charge on any atom is 0.266 e. The van der Waals surface area contributed by atoms with Crippen LogP contribution in [0.4, 0.5) is 0 Å². The van der Waals surface area contributed by atoms with E-state index in [1.165, 1.54) is 0 Å². The van der Waals surface area contributed by atoms with Crippen molar-refractivity contribution in [2.75, 3.05) is 13.2 Å². The van der Waals surface area contributed by atoms with Crippen molar-refractivity contribution in [3.05, 3.63) is 149 Å². The van der Waals surface area contributed by atoms with Crippen molar-refractivity contribution in [2.24, 2.45) is 0 Å². The largest absolute Gasteiger partial charge is 0.494 e. The van der Waals surface area contributed by atoms with E-state index in [-0.39, 0.29) is 11.5 Å². The molecule has 1 atom stereocenters. The van der Waals surface area contributed by atoms with Gasteiger partial charge in [-0.2, -0.15) is 0 Å². The van der Waals surface area contributed by atoms with Crippen LogP contribution in [0.25, 0.3) is 27.4 Å². The molecule has 0 aliphatic heterocycles. The zero-order chi connectivity index (χ0) is 29.8. The van der Waals surface area contributed by atoms with Crippen LogP contribution in [0.1, 0.15) is 41.6 Å². The molecule has 0 saturated carbocycles. The third-order valence-corrected chi connectivity index (χ3v) is 7.81. The average molecular weight is 568 g/mol. The molecule has 43 heavy (non-hydrogen) atoms. The number of aromatic nitrogens is 2. The number of benzene rings is 5. The Hall–Kier alpha value is -5.23. The second-order valence-corrected chi connectivity index (χ2v) is 10.5. The zero-order valence-corrected chi connectivity index (χ0v) is 24.3. The van der Waals surface area contributed by atoms with Crippen LogP contribution >= 0.6 is 0 Å². The number of para-hydroxylation sites is 1. The summed E-state index contributed by atoms with van der Waals surface area (Å²) in [6, 6.07) is 38.1. The molecule has 0 bridgehead atoms. The van der Waals surface area contributed by atoms with Crippen molar-refractivity contribution in [2.45, 2.75) is 26.3 Å². The number of hydrogen-bond donors (Lipinski definition) is 0. The number of fused-ring (bicyclic) bond motifs is 2. The summed E-state index contributed by atoms with van der Waals surface area (Å²) < 4.78 is 7.28. The fourth-order valence-electron chi connectivity index (χ4n) is 5.61. The van der Waals surface area contributed by atoms with Crippen LogP contribution in [0.5, 0.6) is 5.75 Å². The van der Waals surface area contributed by atoms with E-state index < -0.39 is 6.04 Å². The van der Waals surface area contributed by atoms with Gasteiger partial charge in [0.15, 0.2) is 0 Å². The normalized spacial score (nSPS) is 11.9. The SMILES string of the molecule is CCOc1ccc(-n2c(C(C)N(CCc3ccccc3)C(=O)c3cccc4ccccc34)nc3ccccc3c2=O)cc1. The molecule has 0 spiro atoms. The Morgan fingerprint density at radius 1 is 0.814 bits per heavy atom. The van der Waals surface area contributed by atoms with Gasteiger partial charge in [0.05, 0.1) is 29.2 Å². The summed E-state index contributed by atoms with van der Waals surface area (Å²) in [6.45, 7) is 4.88. The third-order valence-electron chi connectivity index (χ3n) is 7.81. The first kappa shape index (κ1) is 27.9. The van der Waals surface area contributed by atoms with Crippen molar-refractivity contribution in [3.63, 3.8) is 0 Å². The molecular formula is C37H33N3O3. The summed E-state index contributed by atoms with van der Waals surface area (Å²) in [7, 11) is 0. The van der Waals surface area contributed by atoms with Gasteiger partial charge in [-0.1, -0.05) is 78.9 Å². The second kappa shape index (κ2) is 12.3. The van der Waals surface area contributed by atoms with Gasteiger partial charge < -0.3 is 9.64 Å². The van der Waals surface area contributed by atoms with Crippen LogP contribution in [0, 0.1) is 0 Å². The standard InChI is InChI=1S/C37H33N3O3/c1-3-43-30-22-20-29(21-23-30)40-35(38-34-19-10-9-17-33(34)37(40)42)26(2)39(25-24-27-12-5-4-6-13-27)36(41)32-18-11-15-28-14-7-8-16-31(28)32/h4-23,26H,3,24-25H2,1-2H3. The van der Waals surface area contributed by atoms with Gasteiger partial charge in [-0.15, -0.1) is 0 Å². The summed E-state index contributed by atoms with van der Waals surface area (Å²) in [5, 5.41) is 2.41. The lowest BCUT2D eigenvalue weighted by Crippen LogP contribution is -2.38. The van der Waals surface area contributed by atoms with Crippen LogP contribution in [0.3, 0.4) is 0 Å². The minimum atomic E-state index is -0.529. The highest BCUT2D eigenvalue weighted by atomic mass is 16.5. The van der Waals surface area contributed by atoms with Gasteiger partial charge in [0, 0.05) is 12.1 Å². The summed E-state index contributed by atoms with van der Waals surface area (Å²) >= 11 is 0. The monoisotopic (exact) mass is 567 g/mol. The minimum absolute atomic E-state index is 0.110. The smallest absolute Gasteiger partial charge is 0.266 e. The quantitative estimate of drug-likeness (QED) is 0.183. The molecule has 1 aromatic heterocycles. The lowest BCUT2D eigenvalue weighted by Gasteiger charge is -2.31. The number of nitrogens with zero attached hydrogens (tertiary/aromatic N) is 3. The van der Waals surface area contributed by atoms with Crippen LogP contribution in [-0.2, 0) is 6.42 Å². The van der Waals surface area contributed by atoms with Gasteiger partial charge in [-0.25, -0.2) is 4.98 Å². The molecule has 1 unspecified atom stereocenters. The minimum Gasteiger partial charge on any atom is -0.494 e. The van der Waals surface area contributed by atoms with Crippen LogP contribution < -0.4 is 10.3 Å². The van der Waals surface area contributed by atoms with Crippen molar-refractivity contribution in [1.82, 2.24) is 14.5 Å². The predicted octanol–water partition coefficient (Wildman–Crippen LogP) is 7.38. The summed E-state index contributed by atoms with van der Waals surface area (Å²) in [5.74, 6) is 1.11. The lowest BCUT2D eigenvalue weighted by molar-refractivity contribution is 0.0685. The number of hydrogen-bond acceptors (Lipinski definition) is 4. The Kier molecular flexibility index (Phi) is 8.01. The maximum atomic E-state index is 14.5. The first-order chi connectivity index (χ1) is 21.0. The van der Waals surface area contributed by atoms with Gasteiger partial charge in [0.1, 0.15) is 11.6 Å². The van der Waals surface area contributed by atoms with Crippen LogP contribution in [0.15, 0.2) is 126 Å². The molecule has 5 aromatic carbocycles. The van der Waals surface area contributed by atoms with Crippen molar-refractivity contribution >= 4 is 27.6 Å². The highest BCUT2D eigenvalue weighted by Gasteiger charge is 2.28. The summed E-state index contributed by atoms with van der Waals surface area (Å²) in [5.41, 5.74) is 2.82. The predicted molar refractivity (Wildman–Crippen MR) is 172 cm³/mol. The molecule has 0 fully saturated rings. The van der Waals surface area contributed by atoms with Gasteiger partial charge >= 0.3 is 0 Å². The van der Waals surface area contributed by atoms with E-state index in [4.69, 9.17) is 9.72 Å². The first-order valence-corrected chi connectivity index (χ1v) is 14.6. The molecular weight excluding hydrogens is 534 g/mol. The van der Waals surface area contributed by atoms with Crippen LogP contribution in [-0.4, -0.2) is 33.5 Å². The molecule has 0 aliphatic carbocycles. The molecule has 0 saturated heterocycles. The molecule has 0 aliphatic rings. The number of carbonyl (C=O) groups is 1. The molecule has 6 aromatic rings. The third kappa shape index (κ3) is 5.64. The van der Waals surface area contributed by atoms with Crippen molar-refractivity contribution < 1.29 is 9.53 Å². The van der Waals surface area contributed by atoms with Gasteiger partial charge in [0.2, 0.25) is 0 Å². The van der Waals surface area contributed by atoms with Gasteiger partial charge in [-0.3, -0.25) is 14.2 Å². The molecule has 0 N–H and O–H groups in total. The Morgan fingerprint density at radius 2 is 1.49 bits per heavy atom. The number of carbonyl (C=O) groups excluding carboxylic acids is 1. The van der Waals surface area contributed by atoms with E-state index in [0.29, 0.717) is 47.6 Å². The Morgan fingerprint density at radius 3 is 2.26 bits per heavy atom. The highest BCUT2D eigenvalue weighted by Crippen LogP contribution is 2.28. The summed E-state index contributed by atoms with van der Waals surface area (Å²) in [6.07, 6.45) is 0.655. The van der Waals surface area contributed by atoms with Crippen molar-refractivity contribution in [1.29, 1.82) is 0 Å². The number of rotatable bonds is 9. The fraction of sp³-hybridized carbons (Fsp3) is 0.162. The van der Waals surface area contributed by atoms with E-state index in [9.17, 15) is 9.59 Å². The molecule has 1 amide bonds. The van der Waals surface area contributed by atoms with Crippen molar-refractivity contribution in [3.8, 4) is 11.4 Å². The maximum absolute atomic E-state index is 14.5. The lowest BCUT2D eigenvalue weighted by atomic mass is 10.0. The zero-order valence-electron chi connectivity index (χ0n) is 24.3. The number of ether oxygens (including phenoxy) is 1. The fourth-order valence-corrected chi connectivity index (χ4v) is 5.61. The van der Waals surface area contributed by atoms with E-state index in [0.717, 1.165) is 22.1 Å². The average Bonchev–Trinajstić information content (AvgIpc) is 3.05. The second-order valence-electron chi connectivity index (χ2n) is 10.5. The molecule has 6 heteroatoms. The Bertz CT molecular complexity index is 1940. The molecule has 6 rings (SSSR count). The van der Waals surface area contributed by atoms with E-state index in [2.05, 4.69) is 12.1 Å². The summed E-state index contributed by atoms with van der Waals surface area (Å²) in [4.78, 5) is 35.4. The first-order valence-electron chi connectivity index (χ1n) is 14.6.